The van der Waals surface area contributed by atoms with Crippen molar-refractivity contribution in [2.45, 2.75) is 50.3 Å². The molecule has 0 bridgehead atoms. The summed E-state index contributed by atoms with van der Waals surface area (Å²) in [5.41, 5.74) is 0.957. The molecule has 2 heterocycles. The van der Waals surface area contributed by atoms with Gasteiger partial charge in [0.25, 0.3) is 0 Å². The number of halogens is 1. The van der Waals surface area contributed by atoms with Crippen LogP contribution in [0.2, 0.25) is 0 Å². The van der Waals surface area contributed by atoms with Gasteiger partial charge in [-0.15, -0.1) is 0 Å². The summed E-state index contributed by atoms with van der Waals surface area (Å²) in [7, 11) is 0. The lowest BCUT2D eigenvalue weighted by Crippen LogP contribution is -2.51. The number of ether oxygens (including phenoxy) is 1. The Morgan fingerprint density at radius 2 is 2.17 bits per heavy atom. The third-order valence-electron chi connectivity index (χ3n) is 5.66. The van der Waals surface area contributed by atoms with Crippen LogP contribution >= 0.6 is 11.8 Å². The highest BCUT2D eigenvalue weighted by Crippen LogP contribution is 2.35. The van der Waals surface area contributed by atoms with E-state index in [9.17, 15) is 4.39 Å². The van der Waals surface area contributed by atoms with Crippen LogP contribution in [-0.2, 0) is 4.74 Å². The van der Waals surface area contributed by atoms with Crippen LogP contribution in [0.4, 0.5) is 10.1 Å². The molecule has 1 atom stereocenters. The van der Waals surface area contributed by atoms with E-state index in [2.05, 4.69) is 29.4 Å². The van der Waals surface area contributed by atoms with Gasteiger partial charge in [-0.05, 0) is 56.6 Å². The molecule has 2 saturated heterocycles. The monoisotopic (exact) mass is 422 g/mol. The van der Waals surface area contributed by atoms with Crippen LogP contribution in [0.5, 0.6) is 0 Å². The molecule has 0 saturated carbocycles. The van der Waals surface area contributed by atoms with Crippen LogP contribution in [0.15, 0.2) is 29.3 Å². The molecule has 0 spiro atoms. The molecule has 0 aliphatic carbocycles. The first-order valence-corrected chi connectivity index (χ1v) is 11.9. The molecule has 7 heteroatoms. The molecular formula is C22H35FN4OS. The minimum atomic E-state index is -0.178. The molecule has 1 unspecified atom stereocenters. The molecule has 0 amide bonds. The van der Waals surface area contributed by atoms with E-state index in [1.54, 1.807) is 12.1 Å². The van der Waals surface area contributed by atoms with Gasteiger partial charge < -0.3 is 20.3 Å². The van der Waals surface area contributed by atoms with Crippen molar-refractivity contribution in [3.05, 3.63) is 30.1 Å². The molecular weight excluding hydrogens is 387 g/mol. The molecule has 3 rings (SSSR count). The smallest absolute Gasteiger partial charge is 0.191 e. The van der Waals surface area contributed by atoms with Crippen molar-refractivity contribution in [3.63, 3.8) is 0 Å². The van der Waals surface area contributed by atoms with Gasteiger partial charge in [-0.3, -0.25) is 4.99 Å². The van der Waals surface area contributed by atoms with Gasteiger partial charge in [-0.1, -0.05) is 13.0 Å². The number of hydrogen-bond donors (Lipinski definition) is 2. The van der Waals surface area contributed by atoms with Gasteiger partial charge in [0.05, 0.1) is 6.54 Å². The fourth-order valence-electron chi connectivity index (χ4n) is 4.14. The summed E-state index contributed by atoms with van der Waals surface area (Å²) in [5, 5.41) is 7.05. The van der Waals surface area contributed by atoms with Crippen molar-refractivity contribution < 1.29 is 9.13 Å². The summed E-state index contributed by atoms with van der Waals surface area (Å²) >= 11 is 2.02. The molecule has 0 aromatic heterocycles. The summed E-state index contributed by atoms with van der Waals surface area (Å²) < 4.78 is 19.4. The van der Waals surface area contributed by atoms with Gasteiger partial charge in [0.1, 0.15) is 5.82 Å². The van der Waals surface area contributed by atoms with Gasteiger partial charge in [0.2, 0.25) is 0 Å². The van der Waals surface area contributed by atoms with E-state index in [1.165, 1.54) is 6.07 Å². The van der Waals surface area contributed by atoms with Gasteiger partial charge in [0.15, 0.2) is 5.96 Å². The Morgan fingerprint density at radius 1 is 1.34 bits per heavy atom. The number of piperidine rings is 1. The number of hydrogen-bond acceptors (Lipinski definition) is 4. The standard InChI is InChI=1S/C22H35FN4OS/c1-3-24-21(25-17-22(29-4-2)10-13-28-14-11-22)26-19-8-6-12-27(16-19)20-9-5-7-18(23)15-20/h5,7,9,15,19H,3-4,6,8,10-14,16-17H2,1-2H3,(H2,24,25,26). The number of rotatable bonds is 7. The Balaban J connectivity index is 1.63. The van der Waals surface area contributed by atoms with E-state index >= 15 is 0 Å². The number of benzene rings is 1. The molecule has 2 fully saturated rings. The summed E-state index contributed by atoms with van der Waals surface area (Å²) in [6.45, 7) is 9.45. The van der Waals surface area contributed by atoms with Crippen molar-refractivity contribution in [2.24, 2.45) is 4.99 Å². The lowest BCUT2D eigenvalue weighted by Gasteiger charge is -2.37. The number of nitrogens with one attached hydrogen (secondary N) is 2. The number of nitrogens with zero attached hydrogens (tertiary/aromatic N) is 2. The van der Waals surface area contributed by atoms with Crippen LogP contribution in [-0.4, -0.2) is 61.9 Å². The second kappa shape index (κ2) is 11.1. The Hall–Kier alpha value is -1.47. The quantitative estimate of drug-likeness (QED) is 0.519. The first kappa shape index (κ1) is 22.2. The highest BCUT2D eigenvalue weighted by molar-refractivity contribution is 8.00. The van der Waals surface area contributed by atoms with Crippen LogP contribution in [0.3, 0.4) is 0 Å². The SMILES string of the molecule is CCNC(=NCC1(SCC)CCOCC1)NC1CCCN(c2cccc(F)c2)C1. The molecule has 5 nitrogen and oxygen atoms in total. The Labute approximate surface area is 178 Å². The fourth-order valence-corrected chi connectivity index (χ4v) is 5.36. The molecule has 2 N–H and O–H groups in total. The van der Waals surface area contributed by atoms with Crippen molar-refractivity contribution in [3.8, 4) is 0 Å². The van der Waals surface area contributed by atoms with Gasteiger partial charge >= 0.3 is 0 Å². The third kappa shape index (κ3) is 6.51. The highest BCUT2D eigenvalue weighted by atomic mass is 32.2. The normalized spacial score (nSPS) is 22.4. The lowest BCUT2D eigenvalue weighted by atomic mass is 9.99. The lowest BCUT2D eigenvalue weighted by molar-refractivity contribution is 0.0793. The zero-order valence-corrected chi connectivity index (χ0v) is 18.6. The summed E-state index contributed by atoms with van der Waals surface area (Å²) in [6, 6.07) is 7.19. The zero-order valence-electron chi connectivity index (χ0n) is 17.8. The predicted octanol–water partition coefficient (Wildman–Crippen LogP) is 3.65. The molecule has 2 aliphatic heterocycles. The van der Waals surface area contributed by atoms with Crippen molar-refractivity contribution >= 4 is 23.4 Å². The molecule has 162 valence electrons. The maximum absolute atomic E-state index is 13.6. The van der Waals surface area contributed by atoms with Crippen molar-refractivity contribution in [1.29, 1.82) is 0 Å². The van der Waals surface area contributed by atoms with Crippen LogP contribution in [0, 0.1) is 5.82 Å². The van der Waals surface area contributed by atoms with Crippen LogP contribution in [0.1, 0.15) is 39.5 Å². The van der Waals surface area contributed by atoms with E-state index in [4.69, 9.17) is 9.73 Å². The highest BCUT2D eigenvalue weighted by Gasteiger charge is 2.32. The predicted molar refractivity (Wildman–Crippen MR) is 122 cm³/mol. The summed E-state index contributed by atoms with van der Waals surface area (Å²) in [4.78, 5) is 7.24. The fraction of sp³-hybridized carbons (Fsp3) is 0.682. The maximum Gasteiger partial charge on any atom is 0.191 e. The Morgan fingerprint density at radius 3 is 2.90 bits per heavy atom. The third-order valence-corrected chi connectivity index (χ3v) is 7.10. The van der Waals surface area contributed by atoms with E-state index in [-0.39, 0.29) is 10.6 Å². The van der Waals surface area contributed by atoms with Gasteiger partial charge in [-0.2, -0.15) is 11.8 Å². The molecule has 1 aromatic rings. The number of thioether (sulfide) groups is 1. The first-order chi connectivity index (χ1) is 14.1. The minimum absolute atomic E-state index is 0.178. The van der Waals surface area contributed by atoms with Crippen LogP contribution in [0.25, 0.3) is 0 Å². The average molecular weight is 423 g/mol. The second-order valence-electron chi connectivity index (χ2n) is 7.83. The van der Waals surface area contributed by atoms with E-state index in [0.717, 1.165) is 82.5 Å². The minimum Gasteiger partial charge on any atom is -0.381 e. The molecule has 1 aromatic carbocycles. The van der Waals surface area contributed by atoms with E-state index in [0.29, 0.717) is 6.04 Å². The number of aliphatic imine (C=N–C) groups is 1. The maximum atomic E-state index is 13.6. The van der Waals surface area contributed by atoms with Gasteiger partial charge in [0, 0.05) is 49.3 Å². The molecule has 29 heavy (non-hydrogen) atoms. The average Bonchev–Trinajstić information content (AvgIpc) is 2.73. The van der Waals surface area contributed by atoms with E-state index < -0.39 is 0 Å². The number of anilines is 1. The number of guanidine groups is 1. The zero-order chi connectivity index (χ0) is 20.5. The molecule has 0 radical (unpaired) electrons. The van der Waals surface area contributed by atoms with Gasteiger partial charge in [-0.25, -0.2) is 4.39 Å². The van der Waals surface area contributed by atoms with E-state index in [1.807, 2.05) is 17.8 Å². The summed E-state index contributed by atoms with van der Waals surface area (Å²) in [5.74, 6) is 1.81. The Kier molecular flexibility index (Phi) is 8.48. The van der Waals surface area contributed by atoms with Crippen molar-refractivity contribution in [2.75, 3.05) is 50.0 Å². The molecule has 2 aliphatic rings. The Bertz CT molecular complexity index is 660. The summed E-state index contributed by atoms with van der Waals surface area (Å²) in [6.07, 6.45) is 4.30. The largest absolute Gasteiger partial charge is 0.381 e. The topological polar surface area (TPSA) is 48.9 Å². The first-order valence-electron chi connectivity index (χ1n) is 10.9. The van der Waals surface area contributed by atoms with Crippen molar-refractivity contribution in [1.82, 2.24) is 10.6 Å². The van der Waals surface area contributed by atoms with Crippen LogP contribution < -0.4 is 15.5 Å². The second-order valence-corrected chi connectivity index (χ2v) is 9.56.